The van der Waals surface area contributed by atoms with Crippen molar-refractivity contribution in [2.45, 2.75) is 13.8 Å². The third-order valence-electron chi connectivity index (χ3n) is 5.62. The largest absolute Gasteiger partial charge is 0.337 e. The average Bonchev–Trinajstić information content (AvgIpc) is 3.33. The molecule has 0 saturated carbocycles. The number of nitrogens with one attached hydrogen (secondary N) is 1. The van der Waals surface area contributed by atoms with Gasteiger partial charge in [-0.3, -0.25) is 4.68 Å². The summed E-state index contributed by atoms with van der Waals surface area (Å²) in [5.41, 5.74) is 9.27. The van der Waals surface area contributed by atoms with Crippen LogP contribution in [-0.4, -0.2) is 26.0 Å². The second kappa shape index (κ2) is 7.69. The van der Waals surface area contributed by atoms with Gasteiger partial charge in [0.05, 0.1) is 28.6 Å². The zero-order chi connectivity index (χ0) is 21.4. The highest BCUT2D eigenvalue weighted by atomic mass is 15.3. The Morgan fingerprint density at radius 3 is 2.06 bits per heavy atom. The molecule has 1 N–H and O–H groups in total. The number of hydrogen-bond acceptors (Lipinski definition) is 3. The van der Waals surface area contributed by atoms with Crippen molar-refractivity contribution >= 4 is 22.9 Å². The summed E-state index contributed by atoms with van der Waals surface area (Å²) in [4.78, 5) is 13.1. The minimum atomic E-state index is 0.721. The number of fused-ring (bicyclic) bond motifs is 1. The van der Waals surface area contributed by atoms with E-state index in [0.717, 1.165) is 56.2 Å². The summed E-state index contributed by atoms with van der Waals surface area (Å²) in [6.07, 6.45) is 1.79. The highest BCUT2D eigenvalue weighted by Crippen LogP contribution is 2.34. The molecule has 0 aliphatic rings. The zero-order valence-electron chi connectivity index (χ0n) is 17.8. The molecule has 0 atom stereocenters. The van der Waals surface area contributed by atoms with Gasteiger partial charge in [-0.2, -0.15) is 5.10 Å². The molecule has 3 aromatic carbocycles. The molecular weight excluding hydrogens is 382 g/mol. The topological polar surface area (TPSA) is 58.9 Å². The Bertz CT molecular complexity index is 1320. The van der Waals surface area contributed by atoms with E-state index in [1.54, 1.807) is 6.21 Å². The van der Waals surface area contributed by atoms with Gasteiger partial charge in [0.15, 0.2) is 0 Å². The molecule has 5 aromatic rings. The summed E-state index contributed by atoms with van der Waals surface area (Å²) < 4.78 is 1.85. The second-order valence-electron chi connectivity index (χ2n) is 7.64. The van der Waals surface area contributed by atoms with Crippen LogP contribution in [-0.2, 0) is 7.05 Å². The van der Waals surface area contributed by atoms with Gasteiger partial charge in [-0.1, -0.05) is 72.8 Å². The van der Waals surface area contributed by atoms with Crippen LogP contribution in [0.25, 0.3) is 33.3 Å². The lowest BCUT2D eigenvalue weighted by molar-refractivity contribution is 0.731. The smallest absolute Gasteiger partial charge is 0.149 e. The molecule has 5 heteroatoms. The SMILES string of the molecule is Cc1nn(C)c(C)c1N=Cc1nc2c(-c3ccccc3)ccc(-c3ccccc3)c2[nH]1. The van der Waals surface area contributed by atoms with Gasteiger partial charge >= 0.3 is 0 Å². The van der Waals surface area contributed by atoms with Crippen molar-refractivity contribution in [3.8, 4) is 22.3 Å². The lowest BCUT2D eigenvalue weighted by Gasteiger charge is -2.07. The Balaban J connectivity index is 1.68. The number of rotatable bonds is 4. The molecule has 0 aliphatic carbocycles. The van der Waals surface area contributed by atoms with E-state index in [2.05, 4.69) is 70.7 Å². The number of hydrogen-bond donors (Lipinski definition) is 1. The monoisotopic (exact) mass is 405 g/mol. The van der Waals surface area contributed by atoms with E-state index in [1.165, 1.54) is 0 Å². The van der Waals surface area contributed by atoms with Crippen molar-refractivity contribution < 1.29 is 0 Å². The standard InChI is InChI=1S/C26H23N5/c1-17-24(18(2)31(3)30-17)27-16-23-28-25-21(19-10-6-4-7-11-19)14-15-22(26(25)29-23)20-12-8-5-9-13-20/h4-16H,1-3H3,(H,28,29). The molecule has 5 nitrogen and oxygen atoms in total. The predicted octanol–water partition coefficient (Wildman–Crippen LogP) is 6.00. The minimum Gasteiger partial charge on any atom is -0.337 e. The summed E-state index contributed by atoms with van der Waals surface area (Å²) in [5.74, 6) is 0.721. The van der Waals surface area contributed by atoms with Crippen molar-refractivity contribution in [3.05, 3.63) is 90.0 Å². The quantitative estimate of drug-likeness (QED) is 0.373. The summed E-state index contributed by atoms with van der Waals surface area (Å²) in [6, 6.07) is 25.0. The molecule has 5 rings (SSSR count). The number of H-pyrrole nitrogens is 1. The van der Waals surface area contributed by atoms with E-state index < -0.39 is 0 Å². The van der Waals surface area contributed by atoms with Gasteiger partial charge in [0.25, 0.3) is 0 Å². The fourth-order valence-corrected chi connectivity index (χ4v) is 3.96. The summed E-state index contributed by atoms with van der Waals surface area (Å²) in [5, 5.41) is 4.45. The number of benzene rings is 3. The number of imidazole rings is 1. The van der Waals surface area contributed by atoms with Crippen LogP contribution in [0.4, 0.5) is 5.69 Å². The number of aliphatic imine (C=N–C) groups is 1. The molecule has 0 unspecified atom stereocenters. The normalized spacial score (nSPS) is 11.6. The van der Waals surface area contributed by atoms with Gasteiger partial charge in [-0.05, 0) is 25.0 Å². The lowest BCUT2D eigenvalue weighted by Crippen LogP contribution is -1.92. The van der Waals surface area contributed by atoms with Gasteiger partial charge in [-0.25, -0.2) is 9.98 Å². The molecule has 0 amide bonds. The first-order valence-corrected chi connectivity index (χ1v) is 10.3. The van der Waals surface area contributed by atoms with E-state index in [-0.39, 0.29) is 0 Å². The van der Waals surface area contributed by atoms with Crippen LogP contribution in [0.15, 0.2) is 77.8 Å². The van der Waals surface area contributed by atoms with Crippen molar-refractivity contribution in [3.63, 3.8) is 0 Å². The van der Waals surface area contributed by atoms with Crippen LogP contribution >= 0.6 is 0 Å². The van der Waals surface area contributed by atoms with E-state index >= 15 is 0 Å². The van der Waals surface area contributed by atoms with Crippen LogP contribution < -0.4 is 0 Å². The molecular formula is C26H23N5. The van der Waals surface area contributed by atoms with Gasteiger partial charge in [0.2, 0.25) is 0 Å². The summed E-state index contributed by atoms with van der Waals surface area (Å²) in [6.45, 7) is 3.99. The second-order valence-corrected chi connectivity index (χ2v) is 7.64. The van der Waals surface area contributed by atoms with Gasteiger partial charge in [0, 0.05) is 18.2 Å². The predicted molar refractivity (Wildman–Crippen MR) is 127 cm³/mol. The van der Waals surface area contributed by atoms with Gasteiger partial charge in [-0.15, -0.1) is 0 Å². The maximum atomic E-state index is 4.92. The van der Waals surface area contributed by atoms with Crippen molar-refractivity contribution in [2.75, 3.05) is 0 Å². The van der Waals surface area contributed by atoms with Crippen molar-refractivity contribution in [1.82, 2.24) is 19.7 Å². The fourth-order valence-electron chi connectivity index (χ4n) is 3.96. The molecule has 31 heavy (non-hydrogen) atoms. The first-order chi connectivity index (χ1) is 15.1. The molecule has 0 saturated heterocycles. The number of nitrogens with zero attached hydrogens (tertiary/aromatic N) is 4. The Labute approximate surface area is 181 Å². The van der Waals surface area contributed by atoms with Crippen LogP contribution in [0.3, 0.4) is 0 Å². The molecule has 2 heterocycles. The molecule has 0 aliphatic heterocycles. The molecule has 0 spiro atoms. The van der Waals surface area contributed by atoms with Crippen LogP contribution in [0.2, 0.25) is 0 Å². The Morgan fingerprint density at radius 1 is 0.839 bits per heavy atom. The maximum absolute atomic E-state index is 4.92. The third-order valence-corrected chi connectivity index (χ3v) is 5.62. The van der Waals surface area contributed by atoms with Crippen molar-refractivity contribution in [2.24, 2.45) is 12.0 Å². The van der Waals surface area contributed by atoms with E-state index in [0.29, 0.717) is 0 Å². The Morgan fingerprint density at radius 2 is 1.45 bits per heavy atom. The first kappa shape index (κ1) is 19.0. The number of aryl methyl sites for hydroxylation is 2. The highest BCUT2D eigenvalue weighted by Gasteiger charge is 2.14. The lowest BCUT2D eigenvalue weighted by atomic mass is 9.98. The zero-order valence-corrected chi connectivity index (χ0v) is 17.8. The van der Waals surface area contributed by atoms with Gasteiger partial charge in [0.1, 0.15) is 11.5 Å². The number of aromatic nitrogens is 4. The highest BCUT2D eigenvalue weighted by molar-refractivity contribution is 6.02. The van der Waals surface area contributed by atoms with E-state index in [1.807, 2.05) is 37.7 Å². The Kier molecular flexibility index (Phi) is 4.71. The molecule has 2 aromatic heterocycles. The van der Waals surface area contributed by atoms with Crippen LogP contribution in [0.5, 0.6) is 0 Å². The fraction of sp³-hybridized carbons (Fsp3) is 0.115. The van der Waals surface area contributed by atoms with E-state index in [9.17, 15) is 0 Å². The number of aromatic amines is 1. The van der Waals surface area contributed by atoms with Crippen molar-refractivity contribution in [1.29, 1.82) is 0 Å². The van der Waals surface area contributed by atoms with E-state index in [4.69, 9.17) is 9.98 Å². The average molecular weight is 406 g/mol. The summed E-state index contributed by atoms with van der Waals surface area (Å²) >= 11 is 0. The minimum absolute atomic E-state index is 0.721. The Hall–Kier alpha value is -3.99. The summed E-state index contributed by atoms with van der Waals surface area (Å²) in [7, 11) is 1.93. The molecule has 152 valence electrons. The van der Waals surface area contributed by atoms with Crippen LogP contribution in [0, 0.1) is 13.8 Å². The van der Waals surface area contributed by atoms with Crippen LogP contribution in [0.1, 0.15) is 17.2 Å². The first-order valence-electron chi connectivity index (χ1n) is 10.3. The maximum Gasteiger partial charge on any atom is 0.149 e. The van der Waals surface area contributed by atoms with Gasteiger partial charge < -0.3 is 4.98 Å². The molecule has 0 bridgehead atoms. The third kappa shape index (κ3) is 3.44. The molecule has 0 radical (unpaired) electrons. The molecule has 0 fully saturated rings.